The molecule has 3 aliphatic heterocycles. The second kappa shape index (κ2) is 7.04. The van der Waals surface area contributed by atoms with Crippen molar-refractivity contribution in [3.63, 3.8) is 0 Å². The molecular formula is C23H23NO5S. The summed E-state index contributed by atoms with van der Waals surface area (Å²) in [5.74, 6) is -0.483. The number of hydrogen-bond acceptors (Lipinski definition) is 5. The molecule has 4 unspecified atom stereocenters. The molecule has 2 saturated heterocycles. The van der Waals surface area contributed by atoms with Crippen molar-refractivity contribution < 1.29 is 22.7 Å². The Bertz CT molecular complexity index is 1110. The maximum Gasteiger partial charge on any atom is 0.338 e. The molecule has 0 radical (unpaired) electrons. The van der Waals surface area contributed by atoms with Crippen molar-refractivity contribution in [3.05, 3.63) is 83.4 Å². The van der Waals surface area contributed by atoms with E-state index in [-0.39, 0.29) is 6.10 Å². The van der Waals surface area contributed by atoms with Crippen LogP contribution in [0.1, 0.15) is 27.9 Å². The molecule has 2 fully saturated rings. The molecule has 3 aliphatic rings. The average molecular weight is 426 g/mol. The number of sulfonamides is 1. The molecule has 5 atom stereocenters. The number of carbonyl (C=O) groups is 1. The summed E-state index contributed by atoms with van der Waals surface area (Å²) in [5, 5.41) is -0.776. The fourth-order valence-corrected chi connectivity index (χ4v) is 6.82. The first-order chi connectivity index (χ1) is 14.4. The topological polar surface area (TPSA) is 81.7 Å². The minimum absolute atomic E-state index is 0.276. The van der Waals surface area contributed by atoms with Gasteiger partial charge in [-0.3, -0.25) is 0 Å². The van der Waals surface area contributed by atoms with Crippen LogP contribution in [-0.2, 0) is 25.9 Å². The molecule has 0 aromatic heterocycles. The number of aryl methyl sites for hydroxylation is 1. The van der Waals surface area contributed by atoms with E-state index in [1.807, 2.05) is 49.4 Å². The van der Waals surface area contributed by atoms with E-state index in [4.69, 9.17) is 9.47 Å². The van der Waals surface area contributed by atoms with Crippen LogP contribution in [0.2, 0.25) is 0 Å². The number of fused-ring (bicyclic) bond motifs is 1. The molecule has 30 heavy (non-hydrogen) atoms. The molecule has 1 spiro atoms. The van der Waals surface area contributed by atoms with Crippen molar-refractivity contribution in [1.82, 2.24) is 4.72 Å². The van der Waals surface area contributed by atoms with E-state index in [0.29, 0.717) is 18.4 Å². The van der Waals surface area contributed by atoms with Gasteiger partial charge in [-0.2, -0.15) is 0 Å². The van der Waals surface area contributed by atoms with E-state index in [1.165, 1.54) is 0 Å². The summed E-state index contributed by atoms with van der Waals surface area (Å²) in [6.45, 7) is 1.91. The maximum atomic E-state index is 13.0. The van der Waals surface area contributed by atoms with Crippen LogP contribution in [0.15, 0.2) is 66.7 Å². The third-order valence-corrected chi connectivity index (χ3v) is 8.10. The normalized spacial score (nSPS) is 33.2. The van der Waals surface area contributed by atoms with Crippen molar-refractivity contribution in [2.75, 3.05) is 0 Å². The number of rotatable bonds is 4. The predicted octanol–water partition coefficient (Wildman–Crippen LogP) is 2.53. The standard InChI is InChI=1S/C23H23NO5S/c1-15-6-5-9-17(12-15)22(25)28-21-19(13-16-7-3-2-4-8-16)24-30(26,27)20-14-18-10-11-23(20,21)29-18/h2-12,18-21,24H,13-14H2,1H3/t18?,19?,20?,21?,23-/m1/s1. The lowest BCUT2D eigenvalue weighted by molar-refractivity contribution is -0.0867. The second-order valence-corrected chi connectivity index (χ2v) is 10.1. The molecule has 5 rings (SSSR count). The van der Waals surface area contributed by atoms with Crippen molar-refractivity contribution in [1.29, 1.82) is 0 Å². The van der Waals surface area contributed by atoms with Gasteiger partial charge in [-0.15, -0.1) is 0 Å². The van der Waals surface area contributed by atoms with Crippen molar-refractivity contribution in [2.24, 2.45) is 0 Å². The number of hydrogen-bond donors (Lipinski definition) is 1. The number of nitrogens with one attached hydrogen (secondary N) is 1. The van der Waals surface area contributed by atoms with E-state index in [1.54, 1.807) is 24.3 Å². The van der Waals surface area contributed by atoms with Gasteiger partial charge in [-0.05, 0) is 43.5 Å². The van der Waals surface area contributed by atoms with Crippen LogP contribution < -0.4 is 4.72 Å². The van der Waals surface area contributed by atoms with E-state index < -0.39 is 39.0 Å². The van der Waals surface area contributed by atoms with Gasteiger partial charge in [0.25, 0.3) is 0 Å². The Morgan fingerprint density at radius 3 is 2.73 bits per heavy atom. The first-order valence-corrected chi connectivity index (χ1v) is 11.6. The largest absolute Gasteiger partial charge is 0.454 e. The molecule has 2 bridgehead atoms. The SMILES string of the molecule is Cc1cccc(C(=O)OC2C(Cc3ccccc3)NS(=O)(=O)C3CC4C=C[C@]23O4)c1. The van der Waals surface area contributed by atoms with Crippen LogP contribution in [0.5, 0.6) is 0 Å². The Balaban J connectivity index is 1.52. The van der Waals surface area contributed by atoms with Crippen LogP contribution >= 0.6 is 0 Å². The Labute approximate surface area is 175 Å². The fraction of sp³-hybridized carbons (Fsp3) is 0.348. The van der Waals surface area contributed by atoms with E-state index in [9.17, 15) is 13.2 Å². The van der Waals surface area contributed by atoms with Gasteiger partial charge in [0.05, 0.1) is 17.7 Å². The first-order valence-electron chi connectivity index (χ1n) is 10.1. The summed E-state index contributed by atoms with van der Waals surface area (Å²) in [4.78, 5) is 13.0. The summed E-state index contributed by atoms with van der Waals surface area (Å²) in [7, 11) is -3.63. The lowest BCUT2D eigenvalue weighted by Gasteiger charge is -2.45. The highest BCUT2D eigenvalue weighted by molar-refractivity contribution is 7.90. The molecule has 1 N–H and O–H groups in total. The Kier molecular flexibility index (Phi) is 4.57. The van der Waals surface area contributed by atoms with E-state index in [2.05, 4.69) is 4.72 Å². The van der Waals surface area contributed by atoms with Crippen molar-refractivity contribution in [3.8, 4) is 0 Å². The Morgan fingerprint density at radius 1 is 1.20 bits per heavy atom. The first kappa shape index (κ1) is 19.5. The van der Waals surface area contributed by atoms with Crippen LogP contribution in [0, 0.1) is 6.92 Å². The highest BCUT2D eigenvalue weighted by Crippen LogP contribution is 2.48. The number of esters is 1. The van der Waals surface area contributed by atoms with Gasteiger partial charge >= 0.3 is 5.97 Å². The minimum Gasteiger partial charge on any atom is -0.454 e. The zero-order valence-corrected chi connectivity index (χ0v) is 17.3. The van der Waals surface area contributed by atoms with Crippen LogP contribution in [0.3, 0.4) is 0 Å². The minimum atomic E-state index is -3.63. The monoisotopic (exact) mass is 425 g/mol. The highest BCUT2D eigenvalue weighted by atomic mass is 32.2. The lowest BCUT2D eigenvalue weighted by Crippen LogP contribution is -2.68. The van der Waals surface area contributed by atoms with Crippen molar-refractivity contribution >= 4 is 16.0 Å². The second-order valence-electron chi connectivity index (χ2n) is 8.25. The molecule has 156 valence electrons. The summed E-state index contributed by atoms with van der Waals surface area (Å²) >= 11 is 0. The van der Waals surface area contributed by atoms with Gasteiger partial charge in [0, 0.05) is 0 Å². The lowest BCUT2D eigenvalue weighted by atomic mass is 9.83. The quantitative estimate of drug-likeness (QED) is 0.601. The molecular weight excluding hydrogens is 402 g/mol. The Morgan fingerprint density at radius 2 is 2.00 bits per heavy atom. The van der Waals surface area contributed by atoms with E-state index in [0.717, 1.165) is 11.1 Å². The molecule has 3 heterocycles. The van der Waals surface area contributed by atoms with Gasteiger partial charge in [-0.25, -0.2) is 17.9 Å². The van der Waals surface area contributed by atoms with Gasteiger partial charge in [0.2, 0.25) is 10.0 Å². The van der Waals surface area contributed by atoms with Crippen LogP contribution in [0.4, 0.5) is 0 Å². The third kappa shape index (κ3) is 3.17. The number of ether oxygens (including phenoxy) is 2. The maximum absolute atomic E-state index is 13.0. The molecule has 2 aromatic rings. The Hall–Kier alpha value is -2.48. The van der Waals surface area contributed by atoms with Gasteiger partial charge in [0.1, 0.15) is 10.9 Å². The predicted molar refractivity (Wildman–Crippen MR) is 112 cm³/mol. The summed E-state index contributed by atoms with van der Waals surface area (Å²) in [5.41, 5.74) is 1.18. The smallest absolute Gasteiger partial charge is 0.338 e. The molecule has 0 saturated carbocycles. The van der Waals surface area contributed by atoms with Crippen LogP contribution in [0.25, 0.3) is 0 Å². The number of carbonyl (C=O) groups excluding carboxylic acids is 1. The average Bonchev–Trinajstić information content (AvgIpc) is 3.31. The molecule has 0 amide bonds. The van der Waals surface area contributed by atoms with Gasteiger partial charge in [-0.1, -0.05) is 54.1 Å². The number of benzene rings is 2. The zero-order chi connectivity index (χ0) is 20.9. The van der Waals surface area contributed by atoms with Gasteiger partial charge < -0.3 is 9.47 Å². The van der Waals surface area contributed by atoms with Gasteiger partial charge in [0.15, 0.2) is 6.10 Å². The summed E-state index contributed by atoms with van der Waals surface area (Å²) < 4.78 is 41.0. The third-order valence-electron chi connectivity index (χ3n) is 6.16. The van der Waals surface area contributed by atoms with Crippen LogP contribution in [-0.4, -0.2) is 43.5 Å². The molecule has 6 nitrogen and oxygen atoms in total. The molecule has 2 aromatic carbocycles. The molecule has 7 heteroatoms. The van der Waals surface area contributed by atoms with Crippen molar-refractivity contribution in [2.45, 2.75) is 48.9 Å². The zero-order valence-electron chi connectivity index (χ0n) is 16.5. The summed E-state index contributed by atoms with van der Waals surface area (Å²) in [6.07, 6.45) is 3.37. The molecule has 0 aliphatic carbocycles. The van der Waals surface area contributed by atoms with E-state index >= 15 is 0 Å². The fourth-order valence-electron chi connectivity index (χ4n) is 4.83. The summed E-state index contributed by atoms with van der Waals surface area (Å²) in [6, 6.07) is 16.1. The highest BCUT2D eigenvalue weighted by Gasteiger charge is 2.66.